The van der Waals surface area contributed by atoms with Crippen LogP contribution in [0.15, 0.2) is 34.3 Å². The molecule has 120 valence electrons. The van der Waals surface area contributed by atoms with Crippen LogP contribution in [0.25, 0.3) is 5.65 Å². The Morgan fingerprint density at radius 3 is 2.96 bits per heavy atom. The minimum Gasteiger partial charge on any atom is -0.250 e. The number of tetrazole rings is 1. The number of hydrogen-bond donors (Lipinski definition) is 0. The summed E-state index contributed by atoms with van der Waals surface area (Å²) in [5, 5.41) is 17.2. The van der Waals surface area contributed by atoms with E-state index in [1.54, 1.807) is 22.4 Å². The van der Waals surface area contributed by atoms with Crippen LogP contribution in [-0.2, 0) is 6.54 Å². The number of hydrogen-bond acceptors (Lipinski definition) is 6. The molecule has 1 aliphatic rings. The van der Waals surface area contributed by atoms with Gasteiger partial charge in [-0.25, -0.2) is 14.2 Å². The minimum absolute atomic E-state index is 0.114. The number of aryl methyl sites for hydroxylation is 1. The van der Waals surface area contributed by atoms with Crippen LogP contribution in [0.3, 0.4) is 0 Å². The van der Waals surface area contributed by atoms with Crippen molar-refractivity contribution in [1.82, 2.24) is 34.4 Å². The van der Waals surface area contributed by atoms with Crippen molar-refractivity contribution >= 4 is 17.4 Å². The molecule has 8 nitrogen and oxygen atoms in total. The Labute approximate surface area is 136 Å². The minimum atomic E-state index is -0.114. The largest absolute Gasteiger partial charge is 0.350 e. The number of thioether (sulfide) groups is 1. The Balaban J connectivity index is 1.45. The van der Waals surface area contributed by atoms with Crippen LogP contribution in [0.1, 0.15) is 31.7 Å². The van der Waals surface area contributed by atoms with Gasteiger partial charge in [-0.2, -0.15) is 0 Å². The molecule has 9 heteroatoms. The van der Waals surface area contributed by atoms with Gasteiger partial charge in [-0.1, -0.05) is 30.7 Å². The second-order valence-corrected chi connectivity index (χ2v) is 6.69. The number of fused-ring (bicyclic) bond motifs is 1. The monoisotopic (exact) mass is 331 g/mol. The molecule has 0 atom stereocenters. The van der Waals surface area contributed by atoms with Crippen LogP contribution in [0.4, 0.5) is 0 Å². The highest BCUT2D eigenvalue weighted by Crippen LogP contribution is 2.31. The molecule has 3 aromatic rings. The molecule has 1 aliphatic carbocycles. The average Bonchev–Trinajstić information content (AvgIpc) is 3.29. The summed E-state index contributed by atoms with van der Waals surface area (Å²) in [7, 11) is 0. The smallest absolute Gasteiger partial charge is 0.250 e. The summed E-state index contributed by atoms with van der Waals surface area (Å²) in [6, 6.07) is 5.94. The number of nitrogens with zero attached hydrogens (tertiary/aromatic N) is 7. The van der Waals surface area contributed by atoms with Gasteiger partial charge in [-0.3, -0.25) is 4.40 Å². The molecule has 0 spiro atoms. The summed E-state index contributed by atoms with van der Waals surface area (Å²) in [5.41, 5.74) is 0.551. The molecule has 0 aliphatic heterocycles. The highest BCUT2D eigenvalue weighted by atomic mass is 32.2. The Hall–Kier alpha value is -2.16. The molecular weight excluding hydrogens is 314 g/mol. The topological polar surface area (TPSA) is 82.9 Å². The van der Waals surface area contributed by atoms with Gasteiger partial charge in [0.1, 0.15) is 0 Å². The SMILES string of the molecule is O=c1n(CCSc2nnnn2C2CCCC2)nc2ccccn12. The Kier molecular flexibility index (Phi) is 3.86. The van der Waals surface area contributed by atoms with E-state index in [1.807, 2.05) is 22.9 Å². The molecule has 0 radical (unpaired) electrons. The second kappa shape index (κ2) is 6.15. The zero-order valence-electron chi connectivity index (χ0n) is 12.6. The molecule has 1 saturated carbocycles. The number of aromatic nitrogens is 7. The lowest BCUT2D eigenvalue weighted by atomic mass is 10.3. The van der Waals surface area contributed by atoms with Crippen LogP contribution in [0, 0.1) is 0 Å². The summed E-state index contributed by atoms with van der Waals surface area (Å²) in [6.07, 6.45) is 6.50. The number of rotatable bonds is 5. The van der Waals surface area contributed by atoms with Gasteiger partial charge in [-0.15, -0.1) is 10.2 Å². The maximum atomic E-state index is 12.2. The zero-order valence-corrected chi connectivity index (χ0v) is 13.4. The predicted octanol–water partition coefficient (Wildman–Crippen LogP) is 1.39. The molecule has 0 N–H and O–H groups in total. The summed E-state index contributed by atoms with van der Waals surface area (Å²) < 4.78 is 4.98. The highest BCUT2D eigenvalue weighted by Gasteiger charge is 2.21. The second-order valence-electron chi connectivity index (χ2n) is 5.63. The van der Waals surface area contributed by atoms with Crippen LogP contribution >= 0.6 is 11.8 Å². The van der Waals surface area contributed by atoms with Crippen molar-refractivity contribution in [1.29, 1.82) is 0 Å². The quantitative estimate of drug-likeness (QED) is 0.657. The van der Waals surface area contributed by atoms with E-state index in [4.69, 9.17) is 0 Å². The maximum absolute atomic E-state index is 12.2. The van der Waals surface area contributed by atoms with Gasteiger partial charge in [0.25, 0.3) is 0 Å². The Morgan fingerprint density at radius 1 is 1.26 bits per heavy atom. The molecule has 0 bridgehead atoms. The van der Waals surface area contributed by atoms with Gasteiger partial charge in [0.15, 0.2) is 5.65 Å². The van der Waals surface area contributed by atoms with Crippen molar-refractivity contribution < 1.29 is 0 Å². The normalized spacial score (nSPS) is 15.7. The first kappa shape index (κ1) is 14.4. The van der Waals surface area contributed by atoms with Crippen molar-refractivity contribution in [2.45, 2.75) is 43.4 Å². The molecule has 1 fully saturated rings. The van der Waals surface area contributed by atoms with Gasteiger partial charge in [0, 0.05) is 11.9 Å². The molecule has 0 amide bonds. The molecule has 0 saturated heterocycles. The summed E-state index contributed by atoms with van der Waals surface area (Å²) in [5.74, 6) is 0.705. The molecular formula is C14H17N7OS. The van der Waals surface area contributed by atoms with E-state index in [9.17, 15) is 4.79 Å². The first-order valence-corrected chi connectivity index (χ1v) is 8.76. The fourth-order valence-corrected chi connectivity index (χ4v) is 3.85. The fourth-order valence-electron chi connectivity index (χ4n) is 3.00. The van der Waals surface area contributed by atoms with Gasteiger partial charge >= 0.3 is 5.69 Å². The van der Waals surface area contributed by atoms with Crippen molar-refractivity contribution in [2.75, 3.05) is 5.75 Å². The molecule has 23 heavy (non-hydrogen) atoms. The van der Waals surface area contributed by atoms with Crippen molar-refractivity contribution in [3.05, 3.63) is 34.9 Å². The van der Waals surface area contributed by atoms with Gasteiger partial charge < -0.3 is 0 Å². The molecule has 4 rings (SSSR count). The zero-order chi connectivity index (χ0) is 15.6. The van der Waals surface area contributed by atoms with E-state index in [0.717, 1.165) is 18.0 Å². The first-order chi connectivity index (χ1) is 11.3. The highest BCUT2D eigenvalue weighted by molar-refractivity contribution is 7.99. The van der Waals surface area contributed by atoms with Crippen LogP contribution < -0.4 is 5.69 Å². The Morgan fingerprint density at radius 2 is 2.13 bits per heavy atom. The standard InChI is InChI=1S/C14H17N7OS/c22-14-19-8-4-3-7-12(19)16-20(14)9-10-23-13-15-17-18-21(13)11-5-1-2-6-11/h3-4,7-8,11H,1-2,5-6,9-10H2. The summed E-state index contributed by atoms with van der Waals surface area (Å²) in [6.45, 7) is 0.530. The lowest BCUT2D eigenvalue weighted by molar-refractivity contribution is 0.423. The Bertz CT molecular complexity index is 861. The summed E-state index contributed by atoms with van der Waals surface area (Å²) in [4.78, 5) is 12.2. The van der Waals surface area contributed by atoms with Crippen molar-refractivity contribution in [3.63, 3.8) is 0 Å². The third kappa shape index (κ3) is 2.76. The van der Waals surface area contributed by atoms with Crippen molar-refractivity contribution in [3.8, 4) is 0 Å². The third-order valence-electron chi connectivity index (χ3n) is 4.16. The maximum Gasteiger partial charge on any atom is 0.350 e. The van der Waals surface area contributed by atoms with Crippen LogP contribution in [0.5, 0.6) is 0 Å². The van der Waals surface area contributed by atoms with E-state index in [-0.39, 0.29) is 5.69 Å². The van der Waals surface area contributed by atoms with E-state index < -0.39 is 0 Å². The van der Waals surface area contributed by atoms with Crippen LogP contribution in [-0.4, -0.2) is 40.1 Å². The van der Waals surface area contributed by atoms with E-state index in [2.05, 4.69) is 20.6 Å². The predicted molar refractivity (Wildman–Crippen MR) is 85.5 cm³/mol. The molecule has 3 heterocycles. The molecule has 0 unspecified atom stereocenters. The number of pyridine rings is 1. The van der Waals surface area contributed by atoms with Crippen molar-refractivity contribution in [2.24, 2.45) is 0 Å². The summed E-state index contributed by atoms with van der Waals surface area (Å²) >= 11 is 1.57. The molecule has 0 aromatic carbocycles. The lowest BCUT2D eigenvalue weighted by Crippen LogP contribution is -2.22. The van der Waals surface area contributed by atoms with E-state index >= 15 is 0 Å². The van der Waals surface area contributed by atoms with Gasteiger partial charge in [-0.05, 0) is 35.4 Å². The van der Waals surface area contributed by atoms with E-state index in [1.165, 1.54) is 17.5 Å². The van der Waals surface area contributed by atoms with Gasteiger partial charge in [0.2, 0.25) is 5.16 Å². The van der Waals surface area contributed by atoms with E-state index in [0.29, 0.717) is 24.0 Å². The fraction of sp³-hybridized carbons (Fsp3) is 0.500. The lowest BCUT2D eigenvalue weighted by Gasteiger charge is -2.10. The van der Waals surface area contributed by atoms with Gasteiger partial charge in [0.05, 0.1) is 12.6 Å². The average molecular weight is 331 g/mol. The third-order valence-corrected chi connectivity index (χ3v) is 5.07. The van der Waals surface area contributed by atoms with Crippen LogP contribution in [0.2, 0.25) is 0 Å². The molecule has 3 aromatic heterocycles. The first-order valence-electron chi connectivity index (χ1n) is 7.78.